The highest BCUT2D eigenvalue weighted by atomic mass is 32.1. The summed E-state index contributed by atoms with van der Waals surface area (Å²) in [6.45, 7) is 4.66. The lowest BCUT2D eigenvalue weighted by Crippen LogP contribution is -2.03. The third-order valence-corrected chi connectivity index (χ3v) is 12.9. The molecule has 1 aliphatic carbocycles. The number of hydrogen-bond acceptors (Lipinski definition) is 2. The predicted molar refractivity (Wildman–Crippen MR) is 231 cm³/mol. The van der Waals surface area contributed by atoms with Crippen molar-refractivity contribution in [2.75, 3.05) is 0 Å². The zero-order valence-corrected chi connectivity index (χ0v) is 31.1. The second-order valence-corrected chi connectivity index (χ2v) is 15.8. The first kappa shape index (κ1) is 31.4. The van der Waals surface area contributed by atoms with Gasteiger partial charge in [-0.3, -0.25) is 0 Å². The Kier molecular flexibility index (Phi) is 7.09. The Balaban J connectivity index is 1.17. The molecule has 0 saturated heterocycles. The molecule has 1 atom stereocenters. The Bertz CT molecular complexity index is 3200. The minimum atomic E-state index is 0.353. The number of thiophene rings is 1. The minimum Gasteiger partial charge on any atom is -0.455 e. The molecule has 3 aromatic heterocycles. The van der Waals surface area contributed by atoms with E-state index < -0.39 is 0 Å². The van der Waals surface area contributed by atoms with Crippen LogP contribution in [0, 0.1) is 6.92 Å². The minimum absolute atomic E-state index is 0.353. The molecule has 1 aliphatic rings. The lowest BCUT2D eigenvalue weighted by atomic mass is 9.83. The summed E-state index contributed by atoms with van der Waals surface area (Å²) in [5.74, 6) is 0.353. The molecular formula is C51H37NOS. The monoisotopic (exact) mass is 711 g/mol. The van der Waals surface area contributed by atoms with Gasteiger partial charge >= 0.3 is 0 Å². The zero-order chi connectivity index (χ0) is 35.9. The quantitative estimate of drug-likeness (QED) is 0.174. The van der Waals surface area contributed by atoms with Gasteiger partial charge in [0.25, 0.3) is 0 Å². The molecule has 0 N–H and O–H groups in total. The first-order valence-corrected chi connectivity index (χ1v) is 19.8. The van der Waals surface area contributed by atoms with Gasteiger partial charge in [0.15, 0.2) is 0 Å². The third kappa shape index (κ3) is 4.65. The average Bonchev–Trinajstić information content (AvgIpc) is 3.90. The molecule has 0 unspecified atom stereocenters. The molecule has 3 heteroatoms. The van der Waals surface area contributed by atoms with Gasteiger partial charge in [0.1, 0.15) is 11.2 Å². The van der Waals surface area contributed by atoms with Gasteiger partial charge in [-0.1, -0.05) is 128 Å². The molecule has 0 saturated carbocycles. The fourth-order valence-corrected chi connectivity index (χ4v) is 10.3. The van der Waals surface area contributed by atoms with E-state index in [-0.39, 0.29) is 0 Å². The molecule has 3 heterocycles. The first-order chi connectivity index (χ1) is 26.6. The first-order valence-electron chi connectivity index (χ1n) is 19.0. The number of allylic oxidation sites excluding steroid dienone is 4. The van der Waals surface area contributed by atoms with Crippen LogP contribution >= 0.6 is 11.3 Å². The molecule has 54 heavy (non-hydrogen) atoms. The van der Waals surface area contributed by atoms with Crippen molar-refractivity contribution in [3.63, 3.8) is 0 Å². The van der Waals surface area contributed by atoms with Crippen molar-refractivity contribution in [3.05, 3.63) is 174 Å². The van der Waals surface area contributed by atoms with Gasteiger partial charge in [0.2, 0.25) is 0 Å². The molecule has 0 radical (unpaired) electrons. The van der Waals surface area contributed by atoms with Crippen molar-refractivity contribution >= 4 is 75.3 Å². The zero-order valence-electron chi connectivity index (χ0n) is 30.3. The molecule has 258 valence electrons. The molecule has 7 aromatic carbocycles. The molecule has 0 spiro atoms. The Hall–Kier alpha value is -6.16. The maximum Gasteiger partial charge on any atom is 0.143 e. The van der Waals surface area contributed by atoms with Gasteiger partial charge in [0.05, 0.1) is 16.7 Å². The molecule has 2 nitrogen and oxygen atoms in total. The normalized spacial score (nSPS) is 13.9. The van der Waals surface area contributed by atoms with Crippen molar-refractivity contribution in [1.82, 2.24) is 4.57 Å². The summed E-state index contributed by atoms with van der Waals surface area (Å²) in [5, 5.41) is 7.39. The van der Waals surface area contributed by atoms with Gasteiger partial charge in [-0.05, 0) is 90.0 Å². The van der Waals surface area contributed by atoms with Crippen LogP contribution in [-0.2, 0) is 0 Å². The van der Waals surface area contributed by atoms with E-state index in [0.717, 1.165) is 40.3 Å². The highest BCUT2D eigenvalue weighted by Gasteiger charge is 2.23. The standard InChI is InChI=1S/C51H37NOS/c1-31-29-45-42(30-41(31)35-18-7-6-17-34(35)32(2)33-15-4-3-5-16-33)36-19-8-10-24-43(36)52(45)44-25-14-28-48-50(44)49-38(21-13-27-47(49)54-48)40-23-12-22-39-37-20-9-11-26-46(37)53-51(39)40/h3-4,6-15,17-30,32H,5,16H2,1-2H3/t32-/m0/s1. The highest BCUT2D eigenvalue weighted by molar-refractivity contribution is 7.26. The SMILES string of the molecule is Cc1cc2c(cc1-c1ccccc1[C@@H](C)C1=CC=CCC1)c1ccccc1n2-c1cccc2sc3cccc(-c4cccc5c4oc4ccccc45)c3c12. The molecule has 10 aromatic rings. The summed E-state index contributed by atoms with van der Waals surface area (Å²) in [5.41, 5.74) is 14.6. The topological polar surface area (TPSA) is 18.1 Å². The van der Waals surface area contributed by atoms with E-state index in [9.17, 15) is 0 Å². The number of fused-ring (bicyclic) bond motifs is 9. The number of nitrogens with zero attached hydrogens (tertiary/aromatic N) is 1. The summed E-state index contributed by atoms with van der Waals surface area (Å²) in [6, 6.07) is 51.3. The highest BCUT2D eigenvalue weighted by Crippen LogP contribution is 2.47. The van der Waals surface area contributed by atoms with Crippen molar-refractivity contribution in [2.24, 2.45) is 0 Å². The molecule has 0 aliphatic heterocycles. The molecule has 0 bridgehead atoms. The number of benzene rings is 7. The second kappa shape index (κ2) is 12.2. The van der Waals surface area contributed by atoms with Crippen LogP contribution < -0.4 is 0 Å². The summed E-state index contributed by atoms with van der Waals surface area (Å²) >= 11 is 1.87. The van der Waals surface area contributed by atoms with Crippen LogP contribution in [-0.4, -0.2) is 4.57 Å². The molecular weight excluding hydrogens is 675 g/mol. The maximum atomic E-state index is 6.60. The summed E-state index contributed by atoms with van der Waals surface area (Å²) < 4.78 is 11.7. The van der Waals surface area contributed by atoms with Crippen LogP contribution in [0.3, 0.4) is 0 Å². The van der Waals surface area contributed by atoms with Crippen LogP contribution in [0.15, 0.2) is 168 Å². The predicted octanol–water partition coefficient (Wildman–Crippen LogP) is 15.1. The van der Waals surface area contributed by atoms with Crippen LogP contribution in [0.5, 0.6) is 0 Å². The molecule has 11 rings (SSSR count). The smallest absolute Gasteiger partial charge is 0.143 e. The number of aryl methyl sites for hydroxylation is 1. The number of hydrogen-bond donors (Lipinski definition) is 0. The average molecular weight is 712 g/mol. The van der Waals surface area contributed by atoms with E-state index in [1.54, 1.807) is 0 Å². The number of furan rings is 1. The van der Waals surface area contributed by atoms with Gasteiger partial charge in [-0.2, -0.15) is 0 Å². The third-order valence-electron chi connectivity index (χ3n) is 11.8. The Labute approximate surface area is 317 Å². The van der Waals surface area contributed by atoms with E-state index >= 15 is 0 Å². The van der Waals surface area contributed by atoms with Crippen LogP contribution in [0.1, 0.15) is 36.8 Å². The Morgan fingerprint density at radius 1 is 0.611 bits per heavy atom. The van der Waals surface area contributed by atoms with E-state index in [1.807, 2.05) is 17.4 Å². The van der Waals surface area contributed by atoms with E-state index in [1.165, 1.54) is 81.1 Å². The lowest BCUT2D eigenvalue weighted by molar-refractivity contribution is 0.670. The number of para-hydroxylation sites is 3. The van der Waals surface area contributed by atoms with Crippen molar-refractivity contribution < 1.29 is 4.42 Å². The fourth-order valence-electron chi connectivity index (χ4n) is 9.19. The van der Waals surface area contributed by atoms with E-state index in [2.05, 4.69) is 170 Å². The maximum absolute atomic E-state index is 6.60. The number of aromatic nitrogens is 1. The lowest BCUT2D eigenvalue weighted by Gasteiger charge is -2.22. The summed E-state index contributed by atoms with van der Waals surface area (Å²) in [6.07, 6.45) is 9.06. The fraction of sp³-hybridized carbons (Fsp3) is 0.0980. The van der Waals surface area contributed by atoms with Gasteiger partial charge in [-0.15, -0.1) is 11.3 Å². The van der Waals surface area contributed by atoms with Crippen LogP contribution in [0.2, 0.25) is 0 Å². The summed E-state index contributed by atoms with van der Waals surface area (Å²) in [7, 11) is 0. The van der Waals surface area contributed by atoms with Gasteiger partial charge < -0.3 is 8.98 Å². The van der Waals surface area contributed by atoms with Crippen LogP contribution in [0.25, 0.3) is 91.9 Å². The Morgan fingerprint density at radius 3 is 2.22 bits per heavy atom. The number of rotatable bonds is 5. The van der Waals surface area contributed by atoms with Crippen molar-refractivity contribution in [1.29, 1.82) is 0 Å². The van der Waals surface area contributed by atoms with Gasteiger partial charge in [-0.25, -0.2) is 0 Å². The second-order valence-electron chi connectivity index (χ2n) is 14.8. The largest absolute Gasteiger partial charge is 0.455 e. The van der Waals surface area contributed by atoms with Crippen molar-refractivity contribution in [3.8, 4) is 27.9 Å². The summed E-state index contributed by atoms with van der Waals surface area (Å²) in [4.78, 5) is 0. The van der Waals surface area contributed by atoms with Crippen LogP contribution in [0.4, 0.5) is 0 Å². The van der Waals surface area contributed by atoms with Gasteiger partial charge in [0, 0.05) is 53.2 Å². The van der Waals surface area contributed by atoms with E-state index in [4.69, 9.17) is 4.42 Å². The van der Waals surface area contributed by atoms with E-state index in [0.29, 0.717) is 5.92 Å². The Morgan fingerprint density at radius 2 is 1.33 bits per heavy atom. The molecule has 0 amide bonds. The molecule has 0 fully saturated rings. The van der Waals surface area contributed by atoms with Crippen molar-refractivity contribution in [2.45, 2.75) is 32.6 Å².